The van der Waals surface area contributed by atoms with Gasteiger partial charge in [-0.05, 0) is 36.3 Å². The molecule has 0 aromatic heterocycles. The average Bonchev–Trinajstić information content (AvgIpc) is 2.37. The summed E-state index contributed by atoms with van der Waals surface area (Å²) < 4.78 is 5.76. The molecule has 1 unspecified atom stereocenters. The molecular weight excluding hydrogens is 222 g/mol. The van der Waals surface area contributed by atoms with Crippen molar-refractivity contribution in [1.82, 2.24) is 0 Å². The van der Waals surface area contributed by atoms with E-state index in [1.54, 1.807) is 0 Å². The smallest absolute Gasteiger partial charge is 0.0747 e. The van der Waals surface area contributed by atoms with Gasteiger partial charge in [-0.2, -0.15) is 0 Å². The van der Waals surface area contributed by atoms with E-state index in [9.17, 15) is 0 Å². The van der Waals surface area contributed by atoms with Gasteiger partial charge in [0.25, 0.3) is 0 Å². The Morgan fingerprint density at radius 1 is 1.22 bits per heavy atom. The molecule has 1 atom stereocenters. The van der Waals surface area contributed by atoms with Crippen LogP contribution in [0.25, 0.3) is 0 Å². The Labute approximate surface area is 111 Å². The third-order valence-electron chi connectivity index (χ3n) is 3.53. The average molecular weight is 247 g/mol. The molecular formula is C16H25NO. The molecule has 1 aliphatic heterocycles. The predicted octanol–water partition coefficient (Wildman–Crippen LogP) is 3.97. The summed E-state index contributed by atoms with van der Waals surface area (Å²) in [5, 5.41) is 3.56. The summed E-state index contributed by atoms with van der Waals surface area (Å²) in [5.74, 6) is 0. The fourth-order valence-corrected chi connectivity index (χ4v) is 2.48. The molecule has 2 heteroatoms. The highest BCUT2D eigenvalue weighted by Gasteiger charge is 2.18. The second-order valence-electron chi connectivity index (χ2n) is 6.17. The number of para-hydroxylation sites is 1. The lowest BCUT2D eigenvalue weighted by Crippen LogP contribution is -2.28. The minimum atomic E-state index is 0.178. The first-order valence-corrected chi connectivity index (χ1v) is 7.02. The molecule has 1 heterocycles. The van der Waals surface area contributed by atoms with Gasteiger partial charge >= 0.3 is 0 Å². The highest BCUT2D eigenvalue weighted by Crippen LogP contribution is 2.29. The van der Waals surface area contributed by atoms with E-state index in [0.29, 0.717) is 6.10 Å². The van der Waals surface area contributed by atoms with Crippen molar-refractivity contribution in [3.05, 3.63) is 29.8 Å². The molecule has 100 valence electrons. The Bertz CT molecular complexity index is 375. The quantitative estimate of drug-likeness (QED) is 0.872. The summed E-state index contributed by atoms with van der Waals surface area (Å²) in [6.45, 7) is 8.61. The van der Waals surface area contributed by atoms with Crippen molar-refractivity contribution in [3.63, 3.8) is 0 Å². The summed E-state index contributed by atoms with van der Waals surface area (Å²) in [7, 11) is 0. The lowest BCUT2D eigenvalue weighted by atomic mass is 9.86. The van der Waals surface area contributed by atoms with Gasteiger partial charge in [0.1, 0.15) is 0 Å². The second kappa shape index (κ2) is 5.75. The standard InChI is InChI=1S/C16H25NO/c1-16(2,3)14-9-4-5-10-15(14)17-12-13-8-6-7-11-18-13/h4-5,9-10,13,17H,6-8,11-12H2,1-3H3. The Balaban J connectivity index is 2.00. The number of nitrogens with one attached hydrogen (secondary N) is 1. The molecule has 2 rings (SSSR count). The zero-order valence-electron chi connectivity index (χ0n) is 11.8. The van der Waals surface area contributed by atoms with Crippen LogP contribution >= 0.6 is 0 Å². The normalized spacial score (nSPS) is 20.7. The van der Waals surface area contributed by atoms with Gasteiger partial charge in [0, 0.05) is 18.8 Å². The van der Waals surface area contributed by atoms with Gasteiger partial charge in [0.15, 0.2) is 0 Å². The Kier molecular flexibility index (Phi) is 4.28. The van der Waals surface area contributed by atoms with Gasteiger partial charge in [-0.15, -0.1) is 0 Å². The largest absolute Gasteiger partial charge is 0.382 e. The van der Waals surface area contributed by atoms with Gasteiger partial charge < -0.3 is 10.1 Å². The predicted molar refractivity (Wildman–Crippen MR) is 77.2 cm³/mol. The topological polar surface area (TPSA) is 21.3 Å². The van der Waals surface area contributed by atoms with Crippen molar-refractivity contribution in [2.24, 2.45) is 0 Å². The molecule has 0 bridgehead atoms. The molecule has 18 heavy (non-hydrogen) atoms. The first kappa shape index (κ1) is 13.4. The van der Waals surface area contributed by atoms with E-state index in [4.69, 9.17) is 4.74 Å². The van der Waals surface area contributed by atoms with Crippen LogP contribution in [0, 0.1) is 0 Å². The van der Waals surface area contributed by atoms with Crippen LogP contribution in [-0.2, 0) is 10.2 Å². The number of hydrogen-bond acceptors (Lipinski definition) is 2. The van der Waals surface area contributed by atoms with Crippen LogP contribution in [0.3, 0.4) is 0 Å². The van der Waals surface area contributed by atoms with Crippen LogP contribution < -0.4 is 5.32 Å². The minimum Gasteiger partial charge on any atom is -0.382 e. The number of ether oxygens (including phenoxy) is 1. The van der Waals surface area contributed by atoms with E-state index in [1.165, 1.54) is 30.5 Å². The fourth-order valence-electron chi connectivity index (χ4n) is 2.48. The molecule has 0 aliphatic carbocycles. The first-order chi connectivity index (χ1) is 8.57. The van der Waals surface area contributed by atoms with Crippen molar-refractivity contribution in [2.45, 2.75) is 51.6 Å². The van der Waals surface area contributed by atoms with Crippen LogP contribution in [-0.4, -0.2) is 19.3 Å². The van der Waals surface area contributed by atoms with E-state index < -0.39 is 0 Å². The van der Waals surface area contributed by atoms with Crippen LogP contribution in [0.15, 0.2) is 24.3 Å². The van der Waals surface area contributed by atoms with E-state index in [-0.39, 0.29) is 5.41 Å². The fraction of sp³-hybridized carbons (Fsp3) is 0.625. The minimum absolute atomic E-state index is 0.178. The SMILES string of the molecule is CC(C)(C)c1ccccc1NCC1CCCCO1. The van der Waals surface area contributed by atoms with E-state index in [0.717, 1.165) is 13.2 Å². The highest BCUT2D eigenvalue weighted by molar-refractivity contribution is 5.54. The third kappa shape index (κ3) is 3.49. The van der Waals surface area contributed by atoms with Gasteiger partial charge in [0.05, 0.1) is 6.10 Å². The van der Waals surface area contributed by atoms with E-state index in [1.807, 2.05) is 0 Å². The summed E-state index contributed by atoms with van der Waals surface area (Å²) in [6, 6.07) is 8.59. The van der Waals surface area contributed by atoms with Crippen molar-refractivity contribution in [1.29, 1.82) is 0 Å². The maximum atomic E-state index is 5.76. The highest BCUT2D eigenvalue weighted by atomic mass is 16.5. The van der Waals surface area contributed by atoms with Gasteiger partial charge in [-0.25, -0.2) is 0 Å². The Morgan fingerprint density at radius 2 is 2.00 bits per heavy atom. The third-order valence-corrected chi connectivity index (χ3v) is 3.53. The molecule has 0 saturated carbocycles. The molecule has 0 amide bonds. The van der Waals surface area contributed by atoms with Crippen molar-refractivity contribution < 1.29 is 4.74 Å². The molecule has 0 spiro atoms. The molecule has 1 aliphatic rings. The van der Waals surface area contributed by atoms with E-state index >= 15 is 0 Å². The molecule has 1 fully saturated rings. The first-order valence-electron chi connectivity index (χ1n) is 7.02. The van der Waals surface area contributed by atoms with E-state index in [2.05, 4.69) is 50.4 Å². The molecule has 1 aromatic rings. The Morgan fingerprint density at radius 3 is 2.67 bits per heavy atom. The van der Waals surface area contributed by atoms with Crippen molar-refractivity contribution in [2.75, 3.05) is 18.5 Å². The van der Waals surface area contributed by atoms with Crippen LogP contribution in [0.4, 0.5) is 5.69 Å². The molecule has 1 saturated heterocycles. The second-order valence-corrected chi connectivity index (χ2v) is 6.17. The summed E-state index contributed by atoms with van der Waals surface area (Å²) in [4.78, 5) is 0. The van der Waals surface area contributed by atoms with Crippen LogP contribution in [0.2, 0.25) is 0 Å². The van der Waals surface area contributed by atoms with Gasteiger partial charge in [0.2, 0.25) is 0 Å². The summed E-state index contributed by atoms with van der Waals surface area (Å²) >= 11 is 0. The van der Waals surface area contributed by atoms with Gasteiger partial charge in [-0.1, -0.05) is 39.0 Å². The zero-order chi connectivity index (χ0) is 13.0. The van der Waals surface area contributed by atoms with Crippen molar-refractivity contribution in [3.8, 4) is 0 Å². The van der Waals surface area contributed by atoms with Crippen molar-refractivity contribution >= 4 is 5.69 Å². The van der Waals surface area contributed by atoms with Crippen LogP contribution in [0.5, 0.6) is 0 Å². The zero-order valence-corrected chi connectivity index (χ0v) is 11.8. The van der Waals surface area contributed by atoms with Gasteiger partial charge in [-0.3, -0.25) is 0 Å². The van der Waals surface area contributed by atoms with Crippen LogP contribution in [0.1, 0.15) is 45.6 Å². The molecule has 1 aromatic carbocycles. The maximum absolute atomic E-state index is 5.76. The number of hydrogen-bond donors (Lipinski definition) is 1. The molecule has 1 N–H and O–H groups in total. The Hall–Kier alpha value is -1.02. The monoisotopic (exact) mass is 247 g/mol. The number of benzene rings is 1. The maximum Gasteiger partial charge on any atom is 0.0747 e. The lowest BCUT2D eigenvalue weighted by Gasteiger charge is -2.26. The number of rotatable bonds is 3. The number of anilines is 1. The summed E-state index contributed by atoms with van der Waals surface area (Å²) in [6.07, 6.45) is 4.08. The molecule has 0 radical (unpaired) electrons. The molecule has 2 nitrogen and oxygen atoms in total. The lowest BCUT2D eigenvalue weighted by molar-refractivity contribution is 0.0247. The summed E-state index contributed by atoms with van der Waals surface area (Å²) in [5.41, 5.74) is 2.80.